The lowest BCUT2D eigenvalue weighted by molar-refractivity contribution is -0.0477. The van der Waals surface area contributed by atoms with Crippen LogP contribution in [-0.2, 0) is 0 Å². The average molecular weight is 503 g/mol. The molecule has 3 aliphatic heterocycles. The van der Waals surface area contributed by atoms with Gasteiger partial charge in [0.25, 0.3) is 0 Å². The van der Waals surface area contributed by atoms with E-state index in [9.17, 15) is 0 Å². The van der Waals surface area contributed by atoms with Crippen molar-refractivity contribution in [1.82, 2.24) is 9.88 Å². The smallest absolute Gasteiger partial charge is 0.140 e. The molecule has 0 spiro atoms. The minimum Gasteiger partial charge on any atom is -0.497 e. The SMILES string of the molecule is CC[C@@H]1CN2CCC1CC2[C@@H](Oc1c2ccccc2cc2ccccc12)c1ccnc2ccc(OC)cc12. The molecule has 3 fully saturated rings. The summed E-state index contributed by atoms with van der Waals surface area (Å²) >= 11 is 0. The highest BCUT2D eigenvalue weighted by molar-refractivity contribution is 6.05. The molecule has 192 valence electrons. The standard InChI is InChI=1S/C34H34N2O2/c1-3-22-21-36-17-15-23(22)19-32(36)34(29-14-16-35-31-13-12-26(37-2)20-30(29)31)38-33-27-10-6-4-8-24(27)18-25-9-5-7-11-28(25)33/h4-14,16,18,20,22-23,32,34H,3,15,17,19,21H2,1-2H3/t22-,23?,32?,34+/m1/s1. The third-order valence-corrected chi connectivity index (χ3v) is 9.07. The van der Waals surface area contributed by atoms with Crippen LogP contribution >= 0.6 is 0 Å². The van der Waals surface area contributed by atoms with Gasteiger partial charge < -0.3 is 9.47 Å². The summed E-state index contributed by atoms with van der Waals surface area (Å²) in [5.74, 6) is 3.37. The highest BCUT2D eigenvalue weighted by atomic mass is 16.5. The lowest BCUT2D eigenvalue weighted by atomic mass is 9.72. The predicted molar refractivity (Wildman–Crippen MR) is 155 cm³/mol. The summed E-state index contributed by atoms with van der Waals surface area (Å²) in [5, 5.41) is 5.84. The highest BCUT2D eigenvalue weighted by Gasteiger charge is 2.44. The normalized spacial score (nSPS) is 23.6. The number of rotatable bonds is 6. The molecule has 0 aliphatic carbocycles. The maximum atomic E-state index is 7.36. The molecule has 0 radical (unpaired) electrons. The summed E-state index contributed by atoms with van der Waals surface area (Å²) < 4.78 is 13.0. The molecule has 1 aromatic heterocycles. The van der Waals surface area contributed by atoms with Crippen LogP contribution in [0.4, 0.5) is 0 Å². The summed E-state index contributed by atoms with van der Waals surface area (Å²) in [6.45, 7) is 4.66. The van der Waals surface area contributed by atoms with Crippen molar-refractivity contribution in [2.24, 2.45) is 11.8 Å². The topological polar surface area (TPSA) is 34.6 Å². The number of hydrogen-bond donors (Lipinski definition) is 0. The molecule has 0 N–H and O–H groups in total. The van der Waals surface area contributed by atoms with Gasteiger partial charge in [0.1, 0.15) is 17.6 Å². The molecular formula is C34H34N2O2. The van der Waals surface area contributed by atoms with Crippen molar-refractivity contribution in [3.05, 3.63) is 90.6 Å². The number of ether oxygens (including phenoxy) is 2. The molecule has 8 rings (SSSR count). The third kappa shape index (κ3) is 3.90. The Morgan fingerprint density at radius 2 is 1.68 bits per heavy atom. The maximum Gasteiger partial charge on any atom is 0.140 e. The van der Waals surface area contributed by atoms with Crippen molar-refractivity contribution < 1.29 is 9.47 Å². The second-order valence-electron chi connectivity index (χ2n) is 11.0. The van der Waals surface area contributed by atoms with Crippen LogP contribution in [-0.4, -0.2) is 36.1 Å². The summed E-state index contributed by atoms with van der Waals surface area (Å²) in [5.41, 5.74) is 2.17. The van der Waals surface area contributed by atoms with Crippen LogP contribution in [0, 0.1) is 11.8 Å². The number of pyridine rings is 1. The van der Waals surface area contributed by atoms with Crippen LogP contribution in [0.3, 0.4) is 0 Å². The van der Waals surface area contributed by atoms with Crippen LogP contribution in [0.5, 0.6) is 11.5 Å². The first-order valence-corrected chi connectivity index (χ1v) is 14.0. The Morgan fingerprint density at radius 3 is 2.37 bits per heavy atom. The summed E-state index contributed by atoms with van der Waals surface area (Å²) in [6.07, 6.45) is 5.53. The fourth-order valence-electron chi connectivity index (χ4n) is 7.05. The molecule has 0 amide bonds. The van der Waals surface area contributed by atoms with E-state index in [0.717, 1.165) is 58.1 Å². The van der Waals surface area contributed by atoms with Crippen molar-refractivity contribution in [3.8, 4) is 11.5 Å². The minimum absolute atomic E-state index is 0.123. The molecule has 3 saturated heterocycles. The van der Waals surface area contributed by atoms with Crippen molar-refractivity contribution >= 4 is 32.4 Å². The van der Waals surface area contributed by atoms with E-state index in [1.165, 1.54) is 35.6 Å². The van der Waals surface area contributed by atoms with E-state index < -0.39 is 0 Å². The van der Waals surface area contributed by atoms with E-state index in [1.807, 2.05) is 12.3 Å². The van der Waals surface area contributed by atoms with Gasteiger partial charge >= 0.3 is 0 Å². The van der Waals surface area contributed by atoms with Crippen LogP contribution in [0.2, 0.25) is 0 Å². The minimum atomic E-state index is -0.123. The Kier molecular flexibility index (Phi) is 5.93. The first kappa shape index (κ1) is 23.5. The fourth-order valence-corrected chi connectivity index (χ4v) is 7.05. The molecule has 4 nitrogen and oxygen atoms in total. The van der Waals surface area contributed by atoms with Gasteiger partial charge in [-0.15, -0.1) is 0 Å². The average Bonchev–Trinajstić information content (AvgIpc) is 2.99. The molecule has 38 heavy (non-hydrogen) atoms. The largest absolute Gasteiger partial charge is 0.497 e. The van der Waals surface area contributed by atoms with Gasteiger partial charge in [-0.25, -0.2) is 0 Å². The molecule has 4 heterocycles. The van der Waals surface area contributed by atoms with Gasteiger partial charge in [-0.1, -0.05) is 61.9 Å². The first-order valence-electron chi connectivity index (χ1n) is 14.0. The van der Waals surface area contributed by atoms with Gasteiger partial charge in [0.2, 0.25) is 0 Å². The Labute approximate surface area is 224 Å². The Hall–Kier alpha value is -3.63. The Balaban J connectivity index is 1.43. The zero-order valence-corrected chi connectivity index (χ0v) is 22.1. The van der Waals surface area contributed by atoms with Crippen molar-refractivity contribution in [2.75, 3.05) is 20.2 Å². The van der Waals surface area contributed by atoms with E-state index in [2.05, 4.69) is 84.6 Å². The molecule has 4 heteroatoms. The molecular weight excluding hydrogens is 468 g/mol. The first-order chi connectivity index (χ1) is 18.7. The molecule has 5 atom stereocenters. The summed E-state index contributed by atoms with van der Waals surface area (Å²) in [4.78, 5) is 7.41. The molecule has 4 aromatic carbocycles. The van der Waals surface area contributed by atoms with Crippen molar-refractivity contribution in [1.29, 1.82) is 0 Å². The van der Waals surface area contributed by atoms with Gasteiger partial charge in [0, 0.05) is 34.5 Å². The van der Waals surface area contributed by atoms with E-state index in [4.69, 9.17) is 14.5 Å². The van der Waals surface area contributed by atoms with Gasteiger partial charge in [-0.2, -0.15) is 0 Å². The number of hydrogen-bond acceptors (Lipinski definition) is 4. The number of aromatic nitrogens is 1. The van der Waals surface area contributed by atoms with E-state index >= 15 is 0 Å². The van der Waals surface area contributed by atoms with Crippen LogP contribution < -0.4 is 9.47 Å². The zero-order valence-electron chi connectivity index (χ0n) is 22.1. The second-order valence-corrected chi connectivity index (χ2v) is 11.0. The lowest BCUT2D eigenvalue weighted by Gasteiger charge is -2.52. The fraction of sp³-hybridized carbons (Fsp3) is 0.324. The second kappa shape index (κ2) is 9.59. The maximum absolute atomic E-state index is 7.36. The lowest BCUT2D eigenvalue weighted by Crippen LogP contribution is -2.56. The van der Waals surface area contributed by atoms with Crippen molar-refractivity contribution in [3.63, 3.8) is 0 Å². The van der Waals surface area contributed by atoms with Crippen LogP contribution in [0.1, 0.15) is 37.9 Å². The molecule has 5 aromatic rings. The number of benzene rings is 4. The number of piperidine rings is 3. The number of nitrogens with zero attached hydrogens (tertiary/aromatic N) is 2. The molecule has 3 unspecified atom stereocenters. The third-order valence-electron chi connectivity index (χ3n) is 9.07. The van der Waals surface area contributed by atoms with Gasteiger partial charge in [0.05, 0.1) is 18.7 Å². The van der Waals surface area contributed by atoms with Gasteiger partial charge in [0.15, 0.2) is 0 Å². The van der Waals surface area contributed by atoms with E-state index in [-0.39, 0.29) is 6.10 Å². The van der Waals surface area contributed by atoms with Crippen LogP contribution in [0.15, 0.2) is 85.1 Å². The van der Waals surface area contributed by atoms with E-state index in [0.29, 0.717) is 6.04 Å². The van der Waals surface area contributed by atoms with Crippen LogP contribution in [0.25, 0.3) is 32.4 Å². The van der Waals surface area contributed by atoms with E-state index in [1.54, 1.807) is 7.11 Å². The summed E-state index contributed by atoms with van der Waals surface area (Å²) in [6, 6.07) is 28.1. The Morgan fingerprint density at radius 1 is 0.921 bits per heavy atom. The molecule has 0 saturated carbocycles. The Bertz CT molecular complexity index is 1580. The van der Waals surface area contributed by atoms with Gasteiger partial charge in [-0.05, 0) is 72.3 Å². The number of methoxy groups -OCH3 is 1. The van der Waals surface area contributed by atoms with Crippen molar-refractivity contribution in [2.45, 2.75) is 38.3 Å². The predicted octanol–water partition coefficient (Wildman–Crippen LogP) is 7.79. The number of fused-ring (bicyclic) bond motifs is 6. The monoisotopic (exact) mass is 502 g/mol. The highest BCUT2D eigenvalue weighted by Crippen LogP contribution is 2.46. The zero-order chi connectivity index (χ0) is 25.6. The quantitative estimate of drug-likeness (QED) is 0.222. The molecule has 3 aliphatic rings. The summed E-state index contributed by atoms with van der Waals surface area (Å²) in [7, 11) is 1.73. The van der Waals surface area contributed by atoms with Gasteiger partial charge in [-0.3, -0.25) is 9.88 Å². The molecule has 2 bridgehead atoms.